The molecule has 2 aliphatic heterocycles. The number of carbonyl (C=O) groups excluding carboxylic acids is 2. The van der Waals surface area contributed by atoms with Crippen LogP contribution >= 0.6 is 7.82 Å². The summed E-state index contributed by atoms with van der Waals surface area (Å²) in [5, 5.41) is 2.32. The number of benzene rings is 4. The Hall–Kier alpha value is -7.48. The topological polar surface area (TPSA) is 299 Å². The lowest BCUT2D eigenvalue weighted by Gasteiger charge is -2.37. The number of methoxy groups -OCH3 is 2. The molecular weight excluding hydrogens is 1090 g/mol. The van der Waals surface area contributed by atoms with Crippen molar-refractivity contribution in [1.82, 2.24) is 24.4 Å². The highest BCUT2D eigenvalue weighted by Gasteiger charge is 2.48. The predicted molar refractivity (Wildman–Crippen MR) is 285 cm³/mol. The first-order valence-corrected chi connectivity index (χ1v) is 28.0. The van der Waals surface area contributed by atoms with Crippen molar-refractivity contribution >= 4 is 30.0 Å². The summed E-state index contributed by atoms with van der Waals surface area (Å²) in [5.74, 6) is 0.416. The van der Waals surface area contributed by atoms with Gasteiger partial charge in [-0.05, 0) is 80.3 Å². The highest BCUT2D eigenvalue weighted by atomic mass is 32.2. The van der Waals surface area contributed by atoms with Gasteiger partial charge in [0.1, 0.15) is 58.9 Å². The van der Waals surface area contributed by atoms with E-state index in [-0.39, 0.29) is 48.4 Å². The molecule has 4 aromatic carbocycles. The lowest BCUT2D eigenvalue weighted by Crippen LogP contribution is -2.38. The SMILES string of the molecule is COc1ccc(C(OC[C@H]2O[C@@H](n3cc(C)c(=O)[nH]c3=O)C[C@@H]2OP(=O)(OCCCNC(=O)OS(=O)(=O)c2ccc(C)cc2)OC[C@H]2O[C@@H](n3cc(C)c(=O)[nH]c3=O)C[C@@H]2OC(C)=O)(c2ccccc2)c2ccc(OC)cc2)cc1. The molecule has 8 rings (SSSR count). The van der Waals surface area contributed by atoms with Gasteiger partial charge in [0.2, 0.25) is 0 Å². The number of aromatic nitrogens is 4. The number of esters is 1. The van der Waals surface area contributed by atoms with Gasteiger partial charge in [0, 0.05) is 49.8 Å². The first-order chi connectivity index (χ1) is 38.2. The molecule has 3 N–H and O–H groups in total. The zero-order valence-electron chi connectivity index (χ0n) is 44.4. The second-order valence-corrected chi connectivity index (χ2v) is 22.0. The van der Waals surface area contributed by atoms with Gasteiger partial charge in [-0.3, -0.25) is 47.1 Å². The quantitative estimate of drug-likeness (QED) is 0.0232. The zero-order chi connectivity index (χ0) is 57.4. The van der Waals surface area contributed by atoms with Crippen LogP contribution in [-0.4, -0.2) is 105 Å². The zero-order valence-corrected chi connectivity index (χ0v) is 46.1. The number of aromatic amines is 2. The first-order valence-electron chi connectivity index (χ1n) is 25.2. The number of rotatable bonds is 23. The molecule has 0 bridgehead atoms. The number of aryl methyl sites for hydroxylation is 3. The van der Waals surface area contributed by atoms with E-state index >= 15 is 4.57 Å². The Morgan fingerprint density at radius 3 is 1.74 bits per heavy atom. The van der Waals surface area contributed by atoms with Crippen LogP contribution in [0.1, 0.15) is 72.0 Å². The monoisotopic (exact) mass is 1150 g/mol. The molecule has 4 heterocycles. The predicted octanol–water partition coefficient (Wildman–Crippen LogP) is 5.58. The van der Waals surface area contributed by atoms with E-state index in [2.05, 4.69) is 15.3 Å². The standard InChI is InChI=1S/C54H60N5O19PS/c1-33-13-23-42(24-14-33)80(67,68)78-53(65)55-25-10-26-72-79(66,73-32-46-43(74-36(4)60)27-47(76-46)58-29-34(2)49(61)56-51(58)63)77-44-28-48(59-30-35(3)50(62)57-52(59)64)75-45(44)31-71-54(37-11-8-7-9-12-37,38-15-19-40(69-5)20-16-38)39-17-21-41(70-6)22-18-39/h7-9,11-24,29-30,43-48H,10,25-28,31-32H2,1-6H3,(H,55,65)(H,56,61,63)(H,57,62,64)/t43-,44-,45+,46+,47+,48+,79?/m0/s1. The molecule has 1 unspecified atom stereocenters. The number of amides is 1. The third-order valence-corrected chi connectivity index (χ3v) is 15.9. The fourth-order valence-corrected chi connectivity index (χ4v) is 11.4. The molecule has 2 aliphatic rings. The molecule has 2 saturated heterocycles. The van der Waals surface area contributed by atoms with Crippen molar-refractivity contribution in [2.24, 2.45) is 0 Å². The number of hydrogen-bond donors (Lipinski definition) is 3. The van der Waals surface area contributed by atoms with Gasteiger partial charge in [0.05, 0.1) is 34.0 Å². The largest absolute Gasteiger partial charge is 0.497 e. The molecule has 2 fully saturated rings. The van der Waals surface area contributed by atoms with Crippen LogP contribution in [0.2, 0.25) is 0 Å². The van der Waals surface area contributed by atoms with E-state index in [1.54, 1.807) is 45.4 Å². The summed E-state index contributed by atoms with van der Waals surface area (Å²) < 4.78 is 103. The summed E-state index contributed by atoms with van der Waals surface area (Å²) in [6.07, 6.45) is -6.35. The van der Waals surface area contributed by atoms with Gasteiger partial charge in [-0.1, -0.05) is 72.3 Å². The third kappa shape index (κ3) is 13.7. The average molecular weight is 1150 g/mol. The summed E-state index contributed by atoms with van der Waals surface area (Å²) in [5.41, 5.74) is -1.20. The van der Waals surface area contributed by atoms with Crippen molar-refractivity contribution in [3.05, 3.63) is 191 Å². The number of hydrogen-bond acceptors (Lipinski definition) is 19. The van der Waals surface area contributed by atoms with Gasteiger partial charge >= 0.3 is 41.4 Å². The van der Waals surface area contributed by atoms with Crippen molar-refractivity contribution in [2.45, 2.75) is 94.3 Å². The first kappa shape index (κ1) is 58.7. The Labute approximate surface area is 458 Å². The Kier molecular flexibility index (Phi) is 18.6. The molecule has 0 saturated carbocycles. The number of H-pyrrole nitrogens is 2. The van der Waals surface area contributed by atoms with Crippen molar-refractivity contribution in [1.29, 1.82) is 0 Å². The molecule has 2 aromatic heterocycles. The van der Waals surface area contributed by atoms with Gasteiger partial charge in [0.25, 0.3) is 11.1 Å². The summed E-state index contributed by atoms with van der Waals surface area (Å²) >= 11 is 0. The van der Waals surface area contributed by atoms with Crippen LogP contribution in [0.3, 0.4) is 0 Å². The summed E-state index contributed by atoms with van der Waals surface area (Å²) in [6, 6.07) is 29.4. The normalized spacial score (nSPS) is 19.9. The maximum atomic E-state index is 15.4. The van der Waals surface area contributed by atoms with E-state index in [0.717, 1.165) is 21.6 Å². The van der Waals surface area contributed by atoms with E-state index in [4.69, 9.17) is 46.2 Å². The van der Waals surface area contributed by atoms with Gasteiger partial charge < -0.3 is 37.9 Å². The van der Waals surface area contributed by atoms with Crippen molar-refractivity contribution in [2.75, 3.05) is 40.6 Å². The summed E-state index contributed by atoms with van der Waals surface area (Å²) in [4.78, 5) is 80.7. The average Bonchev–Trinajstić information content (AvgIpc) is 4.03. The maximum Gasteiger partial charge on any atom is 0.475 e. The highest BCUT2D eigenvalue weighted by Crippen LogP contribution is 2.54. The Morgan fingerprint density at radius 2 is 1.21 bits per heavy atom. The number of ether oxygens (including phenoxy) is 6. The van der Waals surface area contributed by atoms with Gasteiger partial charge in [-0.2, -0.15) is 8.42 Å². The van der Waals surface area contributed by atoms with Gasteiger partial charge in [-0.25, -0.2) is 18.9 Å². The fourth-order valence-electron chi connectivity index (χ4n) is 9.12. The minimum Gasteiger partial charge on any atom is -0.497 e. The number of nitrogens with one attached hydrogen (secondary N) is 3. The van der Waals surface area contributed by atoms with Crippen LogP contribution in [-0.2, 0) is 61.8 Å². The van der Waals surface area contributed by atoms with E-state index in [9.17, 15) is 37.2 Å². The Morgan fingerprint density at radius 1 is 0.700 bits per heavy atom. The van der Waals surface area contributed by atoms with Crippen molar-refractivity contribution in [3.63, 3.8) is 0 Å². The van der Waals surface area contributed by atoms with Crippen LogP contribution in [0.25, 0.3) is 0 Å². The van der Waals surface area contributed by atoms with E-state index in [1.165, 1.54) is 50.5 Å². The number of nitrogens with zero attached hydrogens (tertiary/aromatic N) is 2. The molecule has 7 atom stereocenters. The molecule has 80 heavy (non-hydrogen) atoms. The van der Waals surface area contributed by atoms with E-state index in [1.807, 2.05) is 54.6 Å². The lowest BCUT2D eigenvalue weighted by molar-refractivity contribution is -0.150. The fraction of sp³-hybridized carbons (Fsp3) is 0.370. The highest BCUT2D eigenvalue weighted by molar-refractivity contribution is 7.87. The second-order valence-electron chi connectivity index (χ2n) is 18.8. The number of phosphoric ester groups is 1. The van der Waals surface area contributed by atoms with Crippen LogP contribution in [0.15, 0.2) is 140 Å². The van der Waals surface area contributed by atoms with Crippen LogP contribution < -0.4 is 37.3 Å². The minimum atomic E-state index is -4.97. The molecule has 1 amide bonds. The molecule has 0 aliphatic carbocycles. The van der Waals surface area contributed by atoms with Crippen molar-refractivity contribution < 1.29 is 68.7 Å². The summed E-state index contributed by atoms with van der Waals surface area (Å²) in [6.45, 7) is 4.14. The summed E-state index contributed by atoms with van der Waals surface area (Å²) in [7, 11) is -6.38. The molecule has 6 aromatic rings. The Balaban J connectivity index is 1.12. The maximum absolute atomic E-state index is 15.4. The van der Waals surface area contributed by atoms with Gasteiger partial charge in [0.15, 0.2) is 0 Å². The Bertz CT molecular complexity index is 3510. The van der Waals surface area contributed by atoms with Crippen LogP contribution in [0, 0.1) is 20.8 Å². The molecule has 26 heteroatoms. The number of carbonyl (C=O) groups is 2. The lowest BCUT2D eigenvalue weighted by atomic mass is 9.80. The van der Waals surface area contributed by atoms with Crippen molar-refractivity contribution in [3.8, 4) is 11.5 Å². The minimum absolute atomic E-state index is 0.108. The van der Waals surface area contributed by atoms with Crippen LogP contribution in [0.4, 0.5) is 4.79 Å². The molecule has 0 radical (unpaired) electrons. The van der Waals surface area contributed by atoms with Gasteiger partial charge in [-0.15, -0.1) is 0 Å². The molecule has 426 valence electrons. The smallest absolute Gasteiger partial charge is 0.475 e. The molecule has 24 nitrogen and oxygen atoms in total. The number of phosphoric acid groups is 1. The van der Waals surface area contributed by atoms with E-state index in [0.29, 0.717) is 28.2 Å². The molecular formula is C54H60N5O19PS. The second kappa shape index (κ2) is 25.3. The van der Waals surface area contributed by atoms with E-state index < -0.39 is 108 Å². The third-order valence-electron chi connectivity index (χ3n) is 13.2. The molecule has 0 spiro atoms. The van der Waals surface area contributed by atoms with Crippen LogP contribution in [0.5, 0.6) is 11.5 Å².